The van der Waals surface area contributed by atoms with Crippen molar-refractivity contribution in [3.63, 3.8) is 0 Å². The van der Waals surface area contributed by atoms with Gasteiger partial charge in [-0.3, -0.25) is 4.79 Å². The number of aromatic nitrogens is 2. The Morgan fingerprint density at radius 3 is 2.51 bits per heavy atom. The topological polar surface area (TPSA) is 99.2 Å². The Morgan fingerprint density at radius 2 is 1.86 bits per heavy atom. The Labute approximate surface area is 213 Å². The maximum atomic E-state index is 13.8. The summed E-state index contributed by atoms with van der Waals surface area (Å²) in [6.07, 6.45) is -0.951. The van der Waals surface area contributed by atoms with Gasteiger partial charge in [-0.1, -0.05) is 24.3 Å². The van der Waals surface area contributed by atoms with E-state index in [4.69, 9.17) is 9.88 Å². The first-order valence-corrected chi connectivity index (χ1v) is 12.2. The first-order chi connectivity index (χ1) is 17.6. The molecule has 7 nitrogen and oxygen atoms in total. The number of carbonyl (C=O) groups excluding carboxylic acids is 1. The van der Waals surface area contributed by atoms with Crippen LogP contribution in [-0.2, 0) is 30.6 Å². The summed E-state index contributed by atoms with van der Waals surface area (Å²) in [5.74, 6) is 0.353. The molecule has 1 unspecified atom stereocenters. The molecule has 0 aliphatic rings. The minimum Gasteiger partial charge on any atom is -0.495 e. The molecule has 3 N–H and O–H groups in total. The van der Waals surface area contributed by atoms with Gasteiger partial charge in [0.25, 0.3) is 5.91 Å². The number of benzene rings is 3. The van der Waals surface area contributed by atoms with Gasteiger partial charge in [-0.05, 0) is 53.1 Å². The highest BCUT2D eigenvalue weighted by molar-refractivity contribution is 7.82. The standard InChI is InChI=1S/C26H23F3N4O3S/c1-33-12-11-31-24(33)15-17-13-18(8-9-19(17)20-5-3-4-6-21(20)26(27,28)29)32-25(34)16-7-10-23(37(30)35)22(14-16)36-2/h3-14H,15,30H2,1-2H3,(H,32,34). The van der Waals surface area contributed by atoms with Gasteiger partial charge < -0.3 is 14.6 Å². The van der Waals surface area contributed by atoms with Crippen LogP contribution in [0.1, 0.15) is 27.3 Å². The molecule has 1 aromatic heterocycles. The zero-order chi connectivity index (χ0) is 26.7. The van der Waals surface area contributed by atoms with E-state index in [1.807, 2.05) is 0 Å². The van der Waals surface area contributed by atoms with Crippen molar-refractivity contribution < 1.29 is 26.9 Å². The second kappa shape index (κ2) is 10.6. The highest BCUT2D eigenvalue weighted by atomic mass is 32.2. The average molecular weight is 529 g/mol. The van der Waals surface area contributed by atoms with Crippen LogP contribution in [-0.4, -0.2) is 26.8 Å². The molecule has 0 saturated carbocycles. The predicted octanol–water partition coefficient (Wildman–Crippen LogP) is 4.94. The van der Waals surface area contributed by atoms with Crippen LogP contribution in [0.2, 0.25) is 0 Å². The van der Waals surface area contributed by atoms with Crippen molar-refractivity contribution in [2.45, 2.75) is 17.5 Å². The Kier molecular flexibility index (Phi) is 7.46. The largest absolute Gasteiger partial charge is 0.495 e. The zero-order valence-corrected chi connectivity index (χ0v) is 20.7. The fraction of sp³-hybridized carbons (Fsp3) is 0.154. The Morgan fingerprint density at radius 1 is 1.11 bits per heavy atom. The van der Waals surface area contributed by atoms with Crippen LogP contribution < -0.4 is 15.2 Å². The molecule has 0 spiro atoms. The van der Waals surface area contributed by atoms with Crippen molar-refractivity contribution in [2.24, 2.45) is 12.2 Å². The number of methoxy groups -OCH3 is 1. The first-order valence-electron chi connectivity index (χ1n) is 11.0. The predicted molar refractivity (Wildman–Crippen MR) is 134 cm³/mol. The molecule has 0 saturated heterocycles. The highest BCUT2D eigenvalue weighted by Crippen LogP contribution is 2.39. The van der Waals surface area contributed by atoms with Crippen molar-refractivity contribution in [1.82, 2.24) is 9.55 Å². The summed E-state index contributed by atoms with van der Waals surface area (Å²) in [6, 6.07) is 14.4. The summed E-state index contributed by atoms with van der Waals surface area (Å²) in [5.41, 5.74) is 0.821. The maximum Gasteiger partial charge on any atom is 0.417 e. The van der Waals surface area contributed by atoms with Gasteiger partial charge in [0, 0.05) is 37.1 Å². The second-order valence-electron chi connectivity index (χ2n) is 8.16. The van der Waals surface area contributed by atoms with E-state index in [-0.39, 0.29) is 28.2 Å². The van der Waals surface area contributed by atoms with Crippen LogP contribution >= 0.6 is 0 Å². The van der Waals surface area contributed by atoms with Gasteiger partial charge in [0.1, 0.15) is 22.6 Å². The van der Waals surface area contributed by atoms with E-state index in [1.54, 1.807) is 48.3 Å². The van der Waals surface area contributed by atoms with Crippen molar-refractivity contribution in [2.75, 3.05) is 12.4 Å². The van der Waals surface area contributed by atoms with Crippen LogP contribution in [0.3, 0.4) is 0 Å². The molecule has 37 heavy (non-hydrogen) atoms. The van der Waals surface area contributed by atoms with Crippen molar-refractivity contribution in [1.29, 1.82) is 0 Å². The van der Waals surface area contributed by atoms with Crippen LogP contribution in [0.4, 0.5) is 18.9 Å². The fourth-order valence-electron chi connectivity index (χ4n) is 3.96. The molecular weight excluding hydrogens is 505 g/mol. The van der Waals surface area contributed by atoms with Gasteiger partial charge >= 0.3 is 6.18 Å². The molecule has 3 aromatic carbocycles. The average Bonchev–Trinajstić information content (AvgIpc) is 3.27. The summed E-state index contributed by atoms with van der Waals surface area (Å²) in [5, 5.41) is 8.20. The number of anilines is 1. The zero-order valence-electron chi connectivity index (χ0n) is 19.9. The van der Waals surface area contributed by atoms with E-state index in [0.717, 1.165) is 6.07 Å². The number of nitrogens with one attached hydrogen (secondary N) is 1. The number of nitrogens with zero attached hydrogens (tertiary/aromatic N) is 2. The lowest BCUT2D eigenvalue weighted by molar-refractivity contribution is -0.137. The van der Waals surface area contributed by atoms with E-state index >= 15 is 0 Å². The molecule has 192 valence electrons. The summed E-state index contributed by atoms with van der Waals surface area (Å²) in [7, 11) is 1.37. The third-order valence-corrected chi connectivity index (χ3v) is 6.57. The van der Waals surface area contributed by atoms with E-state index in [9.17, 15) is 22.2 Å². The van der Waals surface area contributed by atoms with Gasteiger partial charge in [0.2, 0.25) is 0 Å². The fourth-order valence-corrected chi connectivity index (χ4v) is 4.50. The third-order valence-electron chi connectivity index (χ3n) is 5.80. The number of nitrogens with two attached hydrogens (primary N) is 1. The molecule has 0 fully saturated rings. The van der Waals surface area contributed by atoms with Crippen LogP contribution in [0, 0.1) is 0 Å². The number of alkyl halides is 3. The molecule has 0 aliphatic heterocycles. The lowest BCUT2D eigenvalue weighted by Gasteiger charge is -2.17. The maximum absolute atomic E-state index is 13.8. The number of hydrogen-bond donors (Lipinski definition) is 2. The molecule has 4 aromatic rings. The molecular formula is C26H23F3N4O3S. The molecule has 1 atom stereocenters. The minimum atomic E-state index is -4.54. The molecule has 0 aliphatic carbocycles. The number of halogens is 3. The summed E-state index contributed by atoms with van der Waals surface area (Å²) in [6.45, 7) is 0. The Bertz CT molecular complexity index is 1480. The lowest BCUT2D eigenvalue weighted by Crippen LogP contribution is -2.14. The van der Waals surface area contributed by atoms with E-state index in [0.29, 0.717) is 22.6 Å². The number of carbonyl (C=O) groups is 1. The lowest BCUT2D eigenvalue weighted by atomic mass is 9.93. The molecule has 0 radical (unpaired) electrons. The molecule has 4 rings (SSSR count). The van der Waals surface area contributed by atoms with Gasteiger partial charge in [-0.15, -0.1) is 0 Å². The SMILES string of the molecule is COc1cc(C(=O)Nc2ccc(-c3ccccc3C(F)(F)F)c(Cc3nccn3C)c2)ccc1S(N)=O. The van der Waals surface area contributed by atoms with E-state index < -0.39 is 28.6 Å². The van der Waals surface area contributed by atoms with Crippen LogP contribution in [0.25, 0.3) is 11.1 Å². The monoisotopic (exact) mass is 528 g/mol. The summed E-state index contributed by atoms with van der Waals surface area (Å²) in [4.78, 5) is 17.5. The number of hydrogen-bond acceptors (Lipinski definition) is 4. The van der Waals surface area contributed by atoms with E-state index in [1.165, 1.54) is 37.4 Å². The van der Waals surface area contributed by atoms with Gasteiger partial charge in [0.15, 0.2) is 0 Å². The smallest absolute Gasteiger partial charge is 0.417 e. The summed E-state index contributed by atoms with van der Waals surface area (Å²) < 4.78 is 59.9. The van der Waals surface area contributed by atoms with Crippen LogP contribution in [0.5, 0.6) is 5.75 Å². The van der Waals surface area contributed by atoms with E-state index in [2.05, 4.69) is 10.3 Å². The number of aryl methyl sites for hydroxylation is 1. The number of amides is 1. The normalized spacial score (nSPS) is 12.3. The van der Waals surface area contributed by atoms with Crippen molar-refractivity contribution in [3.05, 3.63) is 95.6 Å². The Hall–Kier alpha value is -3.96. The minimum absolute atomic E-state index is 0.0344. The van der Waals surface area contributed by atoms with Gasteiger partial charge in [-0.2, -0.15) is 13.2 Å². The highest BCUT2D eigenvalue weighted by Gasteiger charge is 2.33. The molecule has 11 heteroatoms. The second-order valence-corrected chi connectivity index (χ2v) is 9.20. The van der Waals surface area contributed by atoms with Crippen molar-refractivity contribution in [3.8, 4) is 16.9 Å². The first kappa shape index (κ1) is 26.1. The number of rotatable bonds is 7. The number of imidazole rings is 1. The Balaban J connectivity index is 1.74. The van der Waals surface area contributed by atoms with Crippen LogP contribution in [0.15, 0.2) is 78.0 Å². The van der Waals surface area contributed by atoms with Gasteiger partial charge in [-0.25, -0.2) is 14.3 Å². The quantitative estimate of drug-likeness (QED) is 0.355. The van der Waals surface area contributed by atoms with Crippen molar-refractivity contribution >= 4 is 22.6 Å². The number of ether oxygens (including phenoxy) is 1. The molecule has 1 amide bonds. The molecule has 0 bridgehead atoms. The third kappa shape index (κ3) is 5.73. The summed E-state index contributed by atoms with van der Waals surface area (Å²) >= 11 is 0. The van der Waals surface area contributed by atoms with Gasteiger partial charge in [0.05, 0.1) is 17.6 Å². The molecule has 1 heterocycles.